The average Bonchev–Trinajstić information content (AvgIpc) is 3.25. The lowest BCUT2D eigenvalue weighted by atomic mass is 9.95. The molecule has 1 saturated carbocycles. The number of benzene rings is 1. The predicted molar refractivity (Wildman–Crippen MR) is 141 cm³/mol. The monoisotopic (exact) mass is 529 g/mol. The second-order valence-electron chi connectivity index (χ2n) is 11.9. The molecular formula is C29H31N5O5. The number of ether oxygens (including phenoxy) is 2. The summed E-state index contributed by atoms with van der Waals surface area (Å²) in [5, 5.41) is 12.9. The normalized spacial score (nSPS) is 28.2. The maximum absolute atomic E-state index is 12.5. The van der Waals surface area contributed by atoms with Gasteiger partial charge in [-0.05, 0) is 56.5 Å². The maximum atomic E-state index is 12.5. The summed E-state index contributed by atoms with van der Waals surface area (Å²) >= 11 is 0. The summed E-state index contributed by atoms with van der Waals surface area (Å²) < 4.78 is 11.0. The summed E-state index contributed by atoms with van der Waals surface area (Å²) in [5.41, 5.74) is 3.25. The van der Waals surface area contributed by atoms with Crippen molar-refractivity contribution in [3.05, 3.63) is 47.8 Å². The molecule has 2 saturated heterocycles. The molecule has 10 heteroatoms. The zero-order valence-corrected chi connectivity index (χ0v) is 22.4. The number of likely N-dealkylation sites (tertiary alicyclic amines) is 1. The largest absolute Gasteiger partial charge is 0.444 e. The zero-order chi connectivity index (χ0) is 27.7. The molecule has 3 aliphatic heterocycles. The Morgan fingerprint density at radius 2 is 1.92 bits per heavy atom. The molecule has 0 bridgehead atoms. The first-order valence-corrected chi connectivity index (χ1v) is 13.2. The fourth-order valence-corrected chi connectivity index (χ4v) is 6.40. The standard InChI is InChI=1S/C29H31N5O5/c1-16(35)31-12-24-23-10-19-9-17(5-7-22(19)34(23)27(37)38-24)18-6-8-25(32-11-18)29(15-30)20-13-33(14-21(20)29)26(36)39-28(2,3)4/h5-9,11,20-21,23-24H,10,12-14H2,1-4H3,(H,31,35)/t20-,21+,23-,24-,29+/m0/s1. The van der Waals surface area contributed by atoms with Crippen LogP contribution in [-0.4, -0.2) is 65.4 Å². The van der Waals surface area contributed by atoms with Crippen molar-refractivity contribution < 1.29 is 23.9 Å². The number of rotatable bonds is 4. The van der Waals surface area contributed by atoms with Crippen LogP contribution in [0, 0.1) is 23.2 Å². The van der Waals surface area contributed by atoms with Gasteiger partial charge in [-0.15, -0.1) is 0 Å². The van der Waals surface area contributed by atoms with Gasteiger partial charge in [-0.25, -0.2) is 9.59 Å². The van der Waals surface area contributed by atoms with E-state index in [0.29, 0.717) is 19.5 Å². The van der Waals surface area contributed by atoms with Crippen molar-refractivity contribution in [1.82, 2.24) is 15.2 Å². The minimum Gasteiger partial charge on any atom is -0.444 e. The van der Waals surface area contributed by atoms with Crippen LogP contribution in [0.2, 0.25) is 0 Å². The number of carbonyl (C=O) groups is 3. The molecule has 5 atom stereocenters. The fraction of sp³-hybridized carbons (Fsp3) is 0.483. The zero-order valence-electron chi connectivity index (χ0n) is 22.4. The quantitative estimate of drug-likeness (QED) is 0.644. The molecular weight excluding hydrogens is 498 g/mol. The number of pyridine rings is 1. The third-order valence-corrected chi connectivity index (χ3v) is 8.27. The van der Waals surface area contributed by atoms with Crippen LogP contribution in [0.15, 0.2) is 36.5 Å². The Kier molecular flexibility index (Phi) is 5.61. The van der Waals surface area contributed by atoms with Crippen molar-refractivity contribution in [2.24, 2.45) is 11.8 Å². The van der Waals surface area contributed by atoms with Crippen LogP contribution in [-0.2, 0) is 26.1 Å². The SMILES string of the molecule is CC(=O)NC[C@@H]1OC(=O)N2c3ccc(-c4ccc([C@@]5(C#N)[C@@H]6CN(C(=O)OC(C)(C)C)C[C@@H]65)nc4)cc3C[C@@H]12. The van der Waals surface area contributed by atoms with E-state index in [1.54, 1.807) is 16.0 Å². The molecule has 39 heavy (non-hydrogen) atoms. The molecule has 4 heterocycles. The van der Waals surface area contributed by atoms with Gasteiger partial charge in [0.2, 0.25) is 5.91 Å². The number of nitrogens with zero attached hydrogens (tertiary/aromatic N) is 4. The minimum atomic E-state index is -0.678. The molecule has 6 rings (SSSR count). The van der Waals surface area contributed by atoms with E-state index in [9.17, 15) is 19.6 Å². The maximum Gasteiger partial charge on any atom is 0.415 e. The second kappa shape index (κ2) is 8.70. The number of carbonyl (C=O) groups excluding carboxylic acids is 3. The average molecular weight is 530 g/mol. The van der Waals surface area contributed by atoms with E-state index in [4.69, 9.17) is 14.5 Å². The third kappa shape index (κ3) is 4.08. The first-order chi connectivity index (χ1) is 18.5. The molecule has 0 radical (unpaired) electrons. The van der Waals surface area contributed by atoms with Crippen LogP contribution in [0.3, 0.4) is 0 Å². The van der Waals surface area contributed by atoms with E-state index in [1.165, 1.54) is 6.92 Å². The van der Waals surface area contributed by atoms with E-state index in [-0.39, 0.29) is 36.4 Å². The summed E-state index contributed by atoms with van der Waals surface area (Å²) in [4.78, 5) is 44.4. The fourth-order valence-electron chi connectivity index (χ4n) is 6.40. The molecule has 2 aromatic rings. The summed E-state index contributed by atoms with van der Waals surface area (Å²) in [6, 6.07) is 12.2. The lowest BCUT2D eigenvalue weighted by molar-refractivity contribution is -0.119. The Labute approximate surface area is 226 Å². The lowest BCUT2D eigenvalue weighted by Gasteiger charge is -2.27. The highest BCUT2D eigenvalue weighted by Crippen LogP contribution is 2.63. The topological polar surface area (TPSA) is 125 Å². The minimum absolute atomic E-state index is 0.0482. The van der Waals surface area contributed by atoms with Crippen LogP contribution in [0.4, 0.5) is 15.3 Å². The molecule has 1 aromatic heterocycles. The van der Waals surface area contributed by atoms with Crippen molar-refractivity contribution >= 4 is 23.8 Å². The molecule has 0 spiro atoms. The number of nitrogens with one attached hydrogen (secondary N) is 1. The van der Waals surface area contributed by atoms with Gasteiger partial charge in [0, 0.05) is 43.6 Å². The van der Waals surface area contributed by atoms with Crippen molar-refractivity contribution in [1.29, 1.82) is 5.26 Å². The number of aromatic nitrogens is 1. The Morgan fingerprint density at radius 3 is 2.54 bits per heavy atom. The van der Waals surface area contributed by atoms with Gasteiger partial charge in [-0.1, -0.05) is 12.1 Å². The first kappa shape index (κ1) is 25.2. The number of fused-ring (bicyclic) bond motifs is 4. The highest BCUT2D eigenvalue weighted by Gasteiger charge is 2.71. The lowest BCUT2D eigenvalue weighted by Crippen LogP contribution is -2.40. The molecule has 1 aliphatic carbocycles. The number of anilines is 1. The van der Waals surface area contributed by atoms with E-state index in [2.05, 4.69) is 17.5 Å². The number of cyclic esters (lactones) is 1. The van der Waals surface area contributed by atoms with Crippen LogP contribution in [0.1, 0.15) is 39.0 Å². The van der Waals surface area contributed by atoms with Gasteiger partial charge < -0.3 is 19.7 Å². The highest BCUT2D eigenvalue weighted by molar-refractivity contribution is 5.94. The molecule has 1 aromatic carbocycles. The van der Waals surface area contributed by atoms with E-state index < -0.39 is 23.2 Å². The van der Waals surface area contributed by atoms with Gasteiger partial charge in [0.1, 0.15) is 17.1 Å². The van der Waals surface area contributed by atoms with Crippen LogP contribution in [0.5, 0.6) is 0 Å². The number of piperidine rings is 1. The molecule has 0 unspecified atom stereocenters. The number of hydrogen-bond donors (Lipinski definition) is 1. The van der Waals surface area contributed by atoms with Gasteiger partial charge >= 0.3 is 12.2 Å². The molecule has 3 fully saturated rings. The summed E-state index contributed by atoms with van der Waals surface area (Å²) in [6.07, 6.45) is 1.30. The number of nitriles is 1. The molecule has 202 valence electrons. The van der Waals surface area contributed by atoms with Crippen molar-refractivity contribution in [3.63, 3.8) is 0 Å². The van der Waals surface area contributed by atoms with E-state index in [1.807, 2.05) is 45.0 Å². The molecule has 3 amide bonds. The number of amides is 3. The van der Waals surface area contributed by atoms with Crippen LogP contribution >= 0.6 is 0 Å². The third-order valence-electron chi connectivity index (χ3n) is 8.27. The highest BCUT2D eigenvalue weighted by atomic mass is 16.6. The Morgan fingerprint density at radius 1 is 1.21 bits per heavy atom. The van der Waals surface area contributed by atoms with E-state index in [0.717, 1.165) is 28.1 Å². The predicted octanol–water partition coefficient (Wildman–Crippen LogP) is 3.39. The van der Waals surface area contributed by atoms with Gasteiger partial charge in [0.15, 0.2) is 0 Å². The Bertz CT molecular complexity index is 1400. The molecule has 1 N–H and O–H groups in total. The van der Waals surface area contributed by atoms with Crippen molar-refractivity contribution in [2.75, 3.05) is 24.5 Å². The van der Waals surface area contributed by atoms with Gasteiger partial charge in [-0.3, -0.25) is 14.7 Å². The van der Waals surface area contributed by atoms with Gasteiger partial charge in [0.25, 0.3) is 0 Å². The van der Waals surface area contributed by atoms with Crippen LogP contribution in [0.25, 0.3) is 11.1 Å². The molecule has 4 aliphatic rings. The number of hydrogen-bond acceptors (Lipinski definition) is 7. The van der Waals surface area contributed by atoms with Gasteiger partial charge in [0.05, 0.1) is 30.0 Å². The van der Waals surface area contributed by atoms with Crippen LogP contribution < -0.4 is 10.2 Å². The second-order valence-corrected chi connectivity index (χ2v) is 11.9. The summed E-state index contributed by atoms with van der Waals surface area (Å²) in [5.74, 6) is -0.0642. The van der Waals surface area contributed by atoms with Crippen molar-refractivity contribution in [2.45, 2.75) is 57.3 Å². The van der Waals surface area contributed by atoms with E-state index >= 15 is 0 Å². The van der Waals surface area contributed by atoms with Gasteiger partial charge in [-0.2, -0.15) is 5.26 Å². The Hall–Kier alpha value is -4.13. The smallest absolute Gasteiger partial charge is 0.415 e. The van der Waals surface area contributed by atoms with Crippen molar-refractivity contribution in [3.8, 4) is 17.2 Å². The first-order valence-electron chi connectivity index (χ1n) is 13.2. The Balaban J connectivity index is 1.16. The molecule has 10 nitrogen and oxygen atoms in total. The summed E-state index contributed by atoms with van der Waals surface area (Å²) in [7, 11) is 0. The summed E-state index contributed by atoms with van der Waals surface area (Å²) in [6.45, 7) is 8.24.